The smallest absolute Gasteiger partial charge is 0.328 e. The van der Waals surface area contributed by atoms with Gasteiger partial charge in [0.05, 0.1) is 7.11 Å². The second kappa shape index (κ2) is 5.75. The zero-order chi connectivity index (χ0) is 12.0. The van der Waals surface area contributed by atoms with Crippen molar-refractivity contribution in [3.05, 3.63) is 29.8 Å². The van der Waals surface area contributed by atoms with Crippen LogP contribution in [0.5, 0.6) is 0 Å². The van der Waals surface area contributed by atoms with Crippen molar-refractivity contribution < 1.29 is 14.3 Å². The van der Waals surface area contributed by atoms with Gasteiger partial charge in [-0.1, -0.05) is 12.1 Å². The van der Waals surface area contributed by atoms with Crippen LogP contribution in [-0.4, -0.2) is 25.5 Å². The van der Waals surface area contributed by atoms with E-state index in [1.807, 2.05) is 0 Å². The largest absolute Gasteiger partial charge is 0.467 e. The highest BCUT2D eigenvalue weighted by molar-refractivity contribution is 5.78. The molecule has 0 aromatic heterocycles. The van der Waals surface area contributed by atoms with E-state index in [0.717, 1.165) is 5.56 Å². The molecule has 0 saturated heterocycles. The van der Waals surface area contributed by atoms with Gasteiger partial charge in [-0.15, -0.1) is 0 Å². The summed E-state index contributed by atoms with van der Waals surface area (Å²) in [5, 5.41) is 2.41. The Kier molecular flexibility index (Phi) is 4.32. The molecule has 5 nitrogen and oxygen atoms in total. The van der Waals surface area contributed by atoms with E-state index in [1.165, 1.54) is 7.11 Å². The van der Waals surface area contributed by atoms with Crippen LogP contribution >= 0.6 is 0 Å². The minimum atomic E-state index is -0.661. The van der Waals surface area contributed by atoms with Crippen LogP contribution in [0.25, 0.3) is 0 Å². The van der Waals surface area contributed by atoms with Gasteiger partial charge in [-0.05, 0) is 17.7 Å². The topological polar surface area (TPSA) is 81.4 Å². The summed E-state index contributed by atoms with van der Waals surface area (Å²) in [6.07, 6.45) is 0.866. The van der Waals surface area contributed by atoms with Crippen molar-refractivity contribution in [3.63, 3.8) is 0 Å². The average Bonchev–Trinajstić information content (AvgIpc) is 2.30. The normalized spacial score (nSPS) is 11.6. The summed E-state index contributed by atoms with van der Waals surface area (Å²) in [4.78, 5) is 21.6. The van der Waals surface area contributed by atoms with Gasteiger partial charge in [0.25, 0.3) is 0 Å². The van der Waals surface area contributed by atoms with Gasteiger partial charge >= 0.3 is 5.97 Å². The zero-order valence-corrected chi connectivity index (χ0v) is 8.97. The number of hydrogen-bond donors (Lipinski definition) is 2. The number of rotatable bonds is 5. The maximum atomic E-state index is 11.3. The summed E-state index contributed by atoms with van der Waals surface area (Å²) in [5.74, 6) is -0.469. The number of nitrogens with one attached hydrogen (secondary N) is 1. The highest BCUT2D eigenvalue weighted by atomic mass is 16.5. The third-order valence-electron chi connectivity index (χ3n) is 2.17. The number of carbonyl (C=O) groups excluding carboxylic acids is 2. The number of anilines is 1. The zero-order valence-electron chi connectivity index (χ0n) is 8.97. The number of methoxy groups -OCH3 is 1. The lowest BCUT2D eigenvalue weighted by Gasteiger charge is -2.13. The molecule has 0 bridgehead atoms. The summed E-state index contributed by atoms with van der Waals surface area (Å²) >= 11 is 0. The third kappa shape index (κ3) is 3.27. The molecule has 0 aliphatic rings. The fourth-order valence-corrected chi connectivity index (χ4v) is 1.32. The van der Waals surface area contributed by atoms with Crippen LogP contribution in [0.4, 0.5) is 5.69 Å². The van der Waals surface area contributed by atoms with Crippen molar-refractivity contribution >= 4 is 18.1 Å². The van der Waals surface area contributed by atoms with Gasteiger partial charge in [-0.2, -0.15) is 0 Å². The van der Waals surface area contributed by atoms with Gasteiger partial charge in [0.15, 0.2) is 0 Å². The number of hydrogen-bond acceptors (Lipinski definition) is 4. The van der Waals surface area contributed by atoms with E-state index in [-0.39, 0.29) is 0 Å². The number of esters is 1. The van der Waals surface area contributed by atoms with Crippen LogP contribution < -0.4 is 11.1 Å². The molecular weight excluding hydrogens is 208 g/mol. The molecule has 0 heterocycles. The van der Waals surface area contributed by atoms with Crippen molar-refractivity contribution in [2.24, 2.45) is 0 Å². The number of ether oxygens (including phenoxy) is 1. The Labute approximate surface area is 93.6 Å². The van der Waals surface area contributed by atoms with Gasteiger partial charge in [-0.25, -0.2) is 4.79 Å². The molecule has 0 saturated carbocycles. The number of benzene rings is 1. The number of nitrogens with two attached hydrogens (primary N) is 1. The van der Waals surface area contributed by atoms with E-state index < -0.39 is 12.0 Å². The molecule has 1 rings (SSSR count). The fourth-order valence-electron chi connectivity index (χ4n) is 1.32. The average molecular weight is 222 g/mol. The molecule has 0 unspecified atom stereocenters. The van der Waals surface area contributed by atoms with E-state index in [4.69, 9.17) is 5.73 Å². The first kappa shape index (κ1) is 12.0. The fraction of sp³-hybridized carbons (Fsp3) is 0.273. The lowest BCUT2D eigenvalue weighted by molar-refractivity contribution is -0.144. The van der Waals surface area contributed by atoms with E-state index in [1.54, 1.807) is 24.3 Å². The Hall–Kier alpha value is -2.04. The molecule has 1 atom stereocenters. The first-order valence-corrected chi connectivity index (χ1v) is 4.79. The molecule has 0 aliphatic carbocycles. The van der Waals surface area contributed by atoms with E-state index in [9.17, 15) is 9.59 Å². The number of nitrogen functional groups attached to an aromatic ring is 1. The van der Waals surface area contributed by atoms with E-state index >= 15 is 0 Å². The summed E-state index contributed by atoms with van der Waals surface area (Å²) < 4.78 is 4.58. The van der Waals surface area contributed by atoms with Crippen LogP contribution in [0.1, 0.15) is 5.56 Å². The predicted molar refractivity (Wildman–Crippen MR) is 59.6 cm³/mol. The summed E-state index contributed by atoms with van der Waals surface area (Å²) in [5.41, 5.74) is 7.09. The van der Waals surface area contributed by atoms with Crippen LogP contribution in [0, 0.1) is 0 Å². The third-order valence-corrected chi connectivity index (χ3v) is 2.17. The molecule has 0 spiro atoms. The Morgan fingerprint density at radius 1 is 1.50 bits per heavy atom. The molecule has 86 valence electrons. The minimum absolute atomic E-state index is 0.381. The number of amides is 1. The molecule has 1 aromatic rings. The first-order valence-electron chi connectivity index (χ1n) is 4.79. The van der Waals surface area contributed by atoms with Crippen molar-refractivity contribution in [3.8, 4) is 0 Å². The van der Waals surface area contributed by atoms with Crippen LogP contribution in [0.2, 0.25) is 0 Å². The highest BCUT2D eigenvalue weighted by Gasteiger charge is 2.18. The maximum Gasteiger partial charge on any atom is 0.328 e. The monoisotopic (exact) mass is 222 g/mol. The Balaban J connectivity index is 2.71. The van der Waals surface area contributed by atoms with Crippen LogP contribution in [-0.2, 0) is 20.7 Å². The summed E-state index contributed by atoms with van der Waals surface area (Å²) in [6, 6.07) is 6.43. The summed E-state index contributed by atoms with van der Waals surface area (Å²) in [7, 11) is 1.28. The van der Waals surface area contributed by atoms with Gasteiger partial charge in [-0.3, -0.25) is 4.79 Å². The molecule has 0 fully saturated rings. The molecule has 16 heavy (non-hydrogen) atoms. The van der Waals surface area contributed by atoms with Crippen molar-refractivity contribution in [2.75, 3.05) is 12.8 Å². The lowest BCUT2D eigenvalue weighted by atomic mass is 10.1. The van der Waals surface area contributed by atoms with Gasteiger partial charge in [0, 0.05) is 12.1 Å². The lowest BCUT2D eigenvalue weighted by Crippen LogP contribution is -2.38. The molecule has 1 amide bonds. The molecule has 5 heteroatoms. The molecular formula is C11H14N2O3. The second-order valence-corrected chi connectivity index (χ2v) is 3.31. The highest BCUT2D eigenvalue weighted by Crippen LogP contribution is 2.08. The standard InChI is InChI=1S/C11H14N2O3/c1-16-11(15)10(13-7-14)6-8-2-4-9(12)5-3-8/h2-5,7,10H,6,12H2,1H3,(H,13,14)/t10-/m0/s1. The van der Waals surface area contributed by atoms with Crippen molar-refractivity contribution in [1.29, 1.82) is 0 Å². The number of carbonyl (C=O) groups is 2. The second-order valence-electron chi connectivity index (χ2n) is 3.31. The first-order chi connectivity index (χ1) is 7.67. The van der Waals surface area contributed by atoms with E-state index in [2.05, 4.69) is 10.1 Å². The van der Waals surface area contributed by atoms with Crippen LogP contribution in [0.15, 0.2) is 24.3 Å². The van der Waals surface area contributed by atoms with E-state index in [0.29, 0.717) is 18.5 Å². The SMILES string of the molecule is COC(=O)[C@H](Cc1ccc(N)cc1)NC=O. The quantitative estimate of drug-likeness (QED) is 0.420. The Morgan fingerprint density at radius 3 is 2.62 bits per heavy atom. The molecule has 0 aliphatic heterocycles. The van der Waals surface area contributed by atoms with Gasteiger partial charge in [0.2, 0.25) is 6.41 Å². The van der Waals surface area contributed by atoms with Crippen molar-refractivity contribution in [1.82, 2.24) is 5.32 Å². The minimum Gasteiger partial charge on any atom is -0.467 e. The molecule has 3 N–H and O–H groups in total. The van der Waals surface area contributed by atoms with Crippen LogP contribution in [0.3, 0.4) is 0 Å². The summed E-state index contributed by atoms with van der Waals surface area (Å²) in [6.45, 7) is 0. The molecule has 0 radical (unpaired) electrons. The van der Waals surface area contributed by atoms with Gasteiger partial charge < -0.3 is 15.8 Å². The maximum absolute atomic E-state index is 11.3. The predicted octanol–water partition coefficient (Wildman–Crippen LogP) is 0.0989. The van der Waals surface area contributed by atoms with Gasteiger partial charge in [0.1, 0.15) is 6.04 Å². The van der Waals surface area contributed by atoms with Crippen molar-refractivity contribution in [2.45, 2.75) is 12.5 Å². The Morgan fingerprint density at radius 2 is 2.12 bits per heavy atom. The Bertz CT molecular complexity index is 362. The molecule has 1 aromatic carbocycles.